The Morgan fingerprint density at radius 3 is 2.74 bits per heavy atom. The van der Waals surface area contributed by atoms with Crippen LogP contribution in [0.15, 0.2) is 34.9 Å². The van der Waals surface area contributed by atoms with Gasteiger partial charge in [-0.05, 0) is 12.1 Å². The van der Waals surface area contributed by atoms with Crippen molar-refractivity contribution in [3.8, 4) is 17.0 Å². The summed E-state index contributed by atoms with van der Waals surface area (Å²) in [6.45, 7) is 1.51. The predicted octanol–water partition coefficient (Wildman–Crippen LogP) is 2.48. The first-order chi connectivity index (χ1) is 9.33. The van der Waals surface area contributed by atoms with Crippen molar-refractivity contribution < 1.29 is 14.0 Å². The van der Waals surface area contributed by atoms with E-state index in [9.17, 15) is 0 Å². The molecule has 2 heterocycles. The molecular formula is C14H16N2O3. The first-order valence-electron chi connectivity index (χ1n) is 6.39. The number of rotatable bonds is 3. The van der Waals surface area contributed by atoms with Crippen LogP contribution in [0.5, 0.6) is 5.75 Å². The van der Waals surface area contributed by atoms with Gasteiger partial charge in [0.05, 0.1) is 13.2 Å². The Morgan fingerprint density at radius 2 is 2.00 bits per heavy atom. The van der Waals surface area contributed by atoms with E-state index >= 15 is 0 Å². The fraction of sp³-hybridized carbons (Fsp3) is 0.357. The summed E-state index contributed by atoms with van der Waals surface area (Å²) < 4.78 is 16.3. The van der Waals surface area contributed by atoms with Crippen molar-refractivity contribution in [1.82, 2.24) is 5.16 Å². The van der Waals surface area contributed by atoms with Gasteiger partial charge in [0.25, 0.3) is 0 Å². The zero-order chi connectivity index (χ0) is 13.1. The van der Waals surface area contributed by atoms with E-state index in [1.807, 2.05) is 24.3 Å². The van der Waals surface area contributed by atoms with Gasteiger partial charge in [-0.1, -0.05) is 17.3 Å². The predicted molar refractivity (Wildman–Crippen MR) is 70.8 cm³/mol. The van der Waals surface area contributed by atoms with E-state index in [1.54, 1.807) is 6.07 Å². The Labute approximate surface area is 111 Å². The molecule has 0 aliphatic carbocycles. The lowest BCUT2D eigenvalue weighted by atomic mass is 10.1. The van der Waals surface area contributed by atoms with Crippen molar-refractivity contribution in [3.63, 3.8) is 0 Å². The van der Waals surface area contributed by atoms with E-state index in [2.05, 4.69) is 5.16 Å². The van der Waals surface area contributed by atoms with Gasteiger partial charge in [0.15, 0.2) is 0 Å². The normalized spacial score (nSPS) is 16.4. The molecule has 2 aromatic rings. The summed E-state index contributed by atoms with van der Waals surface area (Å²) in [4.78, 5) is 0. The van der Waals surface area contributed by atoms with Gasteiger partial charge in [0.2, 0.25) is 5.88 Å². The van der Waals surface area contributed by atoms with Gasteiger partial charge in [0.1, 0.15) is 17.5 Å². The summed E-state index contributed by atoms with van der Waals surface area (Å²) in [7, 11) is 0. The second kappa shape index (κ2) is 5.32. The Bertz CT molecular complexity index is 547. The smallest absolute Gasteiger partial charge is 0.222 e. The van der Waals surface area contributed by atoms with Gasteiger partial charge in [-0.2, -0.15) is 0 Å². The molecule has 1 aliphatic rings. The lowest BCUT2D eigenvalue weighted by Crippen LogP contribution is -2.26. The molecule has 100 valence electrons. The minimum atomic E-state index is 0.194. The Hall–Kier alpha value is -2.01. The van der Waals surface area contributed by atoms with Crippen LogP contribution in [0.25, 0.3) is 11.3 Å². The number of para-hydroxylation sites is 1. The van der Waals surface area contributed by atoms with Crippen LogP contribution in [0, 0.1) is 0 Å². The number of nitrogens with two attached hydrogens (primary N) is 1. The molecule has 1 aromatic carbocycles. The number of ether oxygens (including phenoxy) is 2. The van der Waals surface area contributed by atoms with Gasteiger partial charge in [-0.15, -0.1) is 0 Å². The Balaban J connectivity index is 1.84. The summed E-state index contributed by atoms with van der Waals surface area (Å²) in [6, 6.07) is 9.48. The third kappa shape index (κ3) is 2.71. The van der Waals surface area contributed by atoms with E-state index in [0.717, 1.165) is 37.4 Å². The molecular weight excluding hydrogens is 244 g/mol. The van der Waals surface area contributed by atoms with E-state index in [-0.39, 0.29) is 6.10 Å². The Morgan fingerprint density at radius 1 is 1.21 bits per heavy atom. The molecule has 0 saturated carbocycles. The first-order valence-corrected chi connectivity index (χ1v) is 6.39. The molecule has 5 nitrogen and oxygen atoms in total. The van der Waals surface area contributed by atoms with Gasteiger partial charge < -0.3 is 19.7 Å². The molecule has 3 rings (SSSR count). The summed E-state index contributed by atoms with van der Waals surface area (Å²) >= 11 is 0. The number of hydrogen-bond acceptors (Lipinski definition) is 5. The average molecular weight is 260 g/mol. The molecule has 19 heavy (non-hydrogen) atoms. The van der Waals surface area contributed by atoms with E-state index < -0.39 is 0 Å². The monoisotopic (exact) mass is 260 g/mol. The van der Waals surface area contributed by atoms with Gasteiger partial charge in [-0.25, -0.2) is 0 Å². The maximum absolute atomic E-state index is 6.05. The van der Waals surface area contributed by atoms with Crippen LogP contribution in [-0.2, 0) is 4.74 Å². The summed E-state index contributed by atoms with van der Waals surface area (Å²) in [6.07, 6.45) is 2.02. The highest BCUT2D eigenvalue weighted by Gasteiger charge is 2.18. The summed E-state index contributed by atoms with van der Waals surface area (Å²) in [5.74, 6) is 1.11. The van der Waals surface area contributed by atoms with Crippen LogP contribution in [0.4, 0.5) is 5.88 Å². The molecule has 0 bridgehead atoms. The SMILES string of the molecule is Nc1cc(-c2ccccc2OC2CCOCC2)no1. The van der Waals surface area contributed by atoms with Crippen LogP contribution in [0.3, 0.4) is 0 Å². The van der Waals surface area contributed by atoms with E-state index in [1.165, 1.54) is 0 Å². The molecule has 0 atom stereocenters. The average Bonchev–Trinajstić information content (AvgIpc) is 2.87. The lowest BCUT2D eigenvalue weighted by Gasteiger charge is -2.24. The molecule has 1 fully saturated rings. The minimum absolute atomic E-state index is 0.194. The quantitative estimate of drug-likeness (QED) is 0.918. The number of aromatic nitrogens is 1. The van der Waals surface area contributed by atoms with Crippen LogP contribution >= 0.6 is 0 Å². The molecule has 0 radical (unpaired) electrons. The number of nitrogens with zero attached hydrogens (tertiary/aromatic N) is 1. The van der Waals surface area contributed by atoms with Crippen LogP contribution in [-0.4, -0.2) is 24.5 Å². The number of nitrogen functional groups attached to an aromatic ring is 1. The minimum Gasteiger partial charge on any atom is -0.490 e. The highest BCUT2D eigenvalue weighted by molar-refractivity contribution is 5.68. The third-order valence-electron chi connectivity index (χ3n) is 3.15. The second-order valence-corrected chi connectivity index (χ2v) is 4.54. The maximum atomic E-state index is 6.05. The van der Waals surface area contributed by atoms with Crippen molar-refractivity contribution in [2.45, 2.75) is 18.9 Å². The Kier molecular flexibility index (Phi) is 3.37. The lowest BCUT2D eigenvalue weighted by molar-refractivity contribution is 0.0258. The first kappa shape index (κ1) is 12.0. The zero-order valence-electron chi connectivity index (χ0n) is 10.5. The van der Waals surface area contributed by atoms with E-state index in [0.29, 0.717) is 11.6 Å². The maximum Gasteiger partial charge on any atom is 0.222 e. The molecule has 1 aliphatic heterocycles. The molecule has 2 N–H and O–H groups in total. The molecule has 0 amide bonds. The molecule has 5 heteroatoms. The van der Waals surface area contributed by atoms with Crippen molar-refractivity contribution in [2.75, 3.05) is 18.9 Å². The highest BCUT2D eigenvalue weighted by atomic mass is 16.5. The fourth-order valence-corrected chi connectivity index (χ4v) is 2.17. The number of anilines is 1. The van der Waals surface area contributed by atoms with Crippen LogP contribution in [0.1, 0.15) is 12.8 Å². The van der Waals surface area contributed by atoms with Crippen LogP contribution in [0.2, 0.25) is 0 Å². The standard InChI is InChI=1S/C14H16N2O3/c15-14-9-12(16-19-14)11-3-1-2-4-13(11)18-10-5-7-17-8-6-10/h1-4,9-10H,5-8,15H2. The molecule has 0 spiro atoms. The molecule has 1 aromatic heterocycles. The highest BCUT2D eigenvalue weighted by Crippen LogP contribution is 2.31. The molecule has 0 unspecified atom stereocenters. The number of benzene rings is 1. The van der Waals surface area contributed by atoms with Crippen molar-refractivity contribution in [1.29, 1.82) is 0 Å². The second-order valence-electron chi connectivity index (χ2n) is 4.54. The van der Waals surface area contributed by atoms with E-state index in [4.69, 9.17) is 19.7 Å². The summed E-state index contributed by atoms with van der Waals surface area (Å²) in [5, 5.41) is 3.94. The largest absolute Gasteiger partial charge is 0.490 e. The summed E-state index contributed by atoms with van der Waals surface area (Å²) in [5.41, 5.74) is 7.16. The van der Waals surface area contributed by atoms with Gasteiger partial charge in [-0.3, -0.25) is 0 Å². The molecule has 1 saturated heterocycles. The third-order valence-corrected chi connectivity index (χ3v) is 3.15. The van der Waals surface area contributed by atoms with Crippen molar-refractivity contribution >= 4 is 5.88 Å². The van der Waals surface area contributed by atoms with Crippen molar-refractivity contribution in [3.05, 3.63) is 30.3 Å². The van der Waals surface area contributed by atoms with Crippen LogP contribution < -0.4 is 10.5 Å². The zero-order valence-corrected chi connectivity index (χ0v) is 10.5. The number of hydrogen-bond donors (Lipinski definition) is 1. The van der Waals surface area contributed by atoms with Gasteiger partial charge >= 0.3 is 0 Å². The van der Waals surface area contributed by atoms with Gasteiger partial charge in [0, 0.05) is 24.5 Å². The fourth-order valence-electron chi connectivity index (χ4n) is 2.17. The van der Waals surface area contributed by atoms with Crippen molar-refractivity contribution in [2.24, 2.45) is 0 Å². The topological polar surface area (TPSA) is 70.5 Å².